The number of nitrogens with zero attached hydrogens (tertiary/aromatic N) is 2. The number of thiazole rings is 1. The van der Waals surface area contributed by atoms with E-state index in [1.165, 1.54) is 4.90 Å². The smallest absolute Gasteiger partial charge is 0.265 e. The van der Waals surface area contributed by atoms with Crippen molar-refractivity contribution in [3.05, 3.63) is 28.1 Å². The van der Waals surface area contributed by atoms with Crippen LogP contribution in [0.25, 0.3) is 11.3 Å². The average molecular weight is 401 g/mol. The molecule has 0 spiro atoms. The first-order chi connectivity index (χ1) is 13.5. The van der Waals surface area contributed by atoms with Gasteiger partial charge in [0.05, 0.1) is 22.5 Å². The van der Waals surface area contributed by atoms with E-state index in [2.05, 4.69) is 10.3 Å². The van der Waals surface area contributed by atoms with Crippen molar-refractivity contribution in [2.75, 3.05) is 31.2 Å². The molecule has 2 amide bonds. The molecule has 1 unspecified atom stereocenters. The van der Waals surface area contributed by atoms with Crippen LogP contribution in [-0.4, -0.2) is 49.2 Å². The van der Waals surface area contributed by atoms with E-state index in [9.17, 15) is 9.59 Å². The number of hydrogen-bond donors (Lipinski definition) is 1. The highest BCUT2D eigenvalue weighted by atomic mass is 32.1. The van der Waals surface area contributed by atoms with Crippen molar-refractivity contribution < 1.29 is 19.1 Å². The largest absolute Gasteiger partial charge is 0.482 e. The van der Waals surface area contributed by atoms with E-state index < -0.39 is 0 Å². The third-order valence-corrected chi connectivity index (χ3v) is 5.82. The minimum absolute atomic E-state index is 0.0412. The van der Waals surface area contributed by atoms with E-state index in [1.807, 2.05) is 32.0 Å². The average Bonchev–Trinajstić information content (AvgIpc) is 3.31. The van der Waals surface area contributed by atoms with Crippen LogP contribution in [0.2, 0.25) is 0 Å². The molecule has 2 aliphatic heterocycles. The Kier molecular flexibility index (Phi) is 5.32. The molecule has 1 N–H and O–H groups in total. The van der Waals surface area contributed by atoms with Crippen LogP contribution in [0.1, 0.15) is 22.7 Å². The Morgan fingerprint density at radius 2 is 2.25 bits per heavy atom. The van der Waals surface area contributed by atoms with Gasteiger partial charge in [0.15, 0.2) is 6.61 Å². The standard InChI is InChI=1S/C20H23N3O4S/c1-12-20(22-13(2)28-12)14-5-6-17-16(8-14)23(19(25)11-27-17)10-18(24)21-9-15-4-3-7-26-15/h5-6,8,15H,3-4,7,9-11H2,1-2H3,(H,21,24). The fourth-order valence-electron chi connectivity index (χ4n) is 3.55. The normalized spacial score (nSPS) is 18.7. The monoisotopic (exact) mass is 401 g/mol. The van der Waals surface area contributed by atoms with Crippen molar-refractivity contribution in [2.24, 2.45) is 0 Å². The molecule has 148 valence electrons. The van der Waals surface area contributed by atoms with Gasteiger partial charge in [0.2, 0.25) is 5.91 Å². The Labute approximate surface area is 167 Å². The van der Waals surface area contributed by atoms with Gasteiger partial charge < -0.3 is 14.8 Å². The van der Waals surface area contributed by atoms with Crippen LogP contribution in [0.15, 0.2) is 18.2 Å². The number of carbonyl (C=O) groups is 2. The van der Waals surface area contributed by atoms with Gasteiger partial charge in [-0.2, -0.15) is 0 Å². The first kappa shape index (κ1) is 18.9. The first-order valence-corrected chi connectivity index (χ1v) is 10.2. The lowest BCUT2D eigenvalue weighted by Gasteiger charge is -2.29. The highest BCUT2D eigenvalue weighted by Gasteiger charge is 2.28. The molecule has 1 saturated heterocycles. The summed E-state index contributed by atoms with van der Waals surface area (Å²) in [4.78, 5) is 32.1. The molecule has 2 aromatic rings. The van der Waals surface area contributed by atoms with Crippen molar-refractivity contribution in [1.29, 1.82) is 0 Å². The van der Waals surface area contributed by atoms with E-state index in [0.29, 0.717) is 18.0 Å². The van der Waals surface area contributed by atoms with Gasteiger partial charge in [0.1, 0.15) is 12.3 Å². The second-order valence-corrected chi connectivity index (χ2v) is 8.44. The number of aromatic nitrogens is 1. The maximum atomic E-state index is 12.5. The van der Waals surface area contributed by atoms with Crippen molar-refractivity contribution >= 4 is 28.8 Å². The van der Waals surface area contributed by atoms with Gasteiger partial charge in [-0.15, -0.1) is 11.3 Å². The molecule has 1 aromatic carbocycles. The quantitative estimate of drug-likeness (QED) is 0.832. The molecule has 1 atom stereocenters. The van der Waals surface area contributed by atoms with Crippen LogP contribution in [-0.2, 0) is 14.3 Å². The Balaban J connectivity index is 1.54. The number of carbonyl (C=O) groups excluding carboxylic acids is 2. The predicted octanol–water partition coefficient (Wildman–Crippen LogP) is 2.45. The Morgan fingerprint density at radius 1 is 1.39 bits per heavy atom. The molecule has 0 bridgehead atoms. The van der Waals surface area contributed by atoms with Crippen LogP contribution >= 0.6 is 11.3 Å². The van der Waals surface area contributed by atoms with E-state index in [0.717, 1.165) is 40.6 Å². The van der Waals surface area contributed by atoms with Gasteiger partial charge in [-0.25, -0.2) is 4.98 Å². The second kappa shape index (κ2) is 7.89. The molecule has 0 aliphatic carbocycles. The summed E-state index contributed by atoms with van der Waals surface area (Å²) in [6, 6.07) is 5.65. The topological polar surface area (TPSA) is 80.8 Å². The van der Waals surface area contributed by atoms with Crippen molar-refractivity contribution in [2.45, 2.75) is 32.8 Å². The summed E-state index contributed by atoms with van der Waals surface area (Å²) in [6.07, 6.45) is 2.04. The summed E-state index contributed by atoms with van der Waals surface area (Å²) >= 11 is 1.63. The lowest BCUT2D eigenvalue weighted by molar-refractivity contribution is -0.125. The van der Waals surface area contributed by atoms with E-state index in [-0.39, 0.29) is 31.1 Å². The number of rotatable bonds is 5. The summed E-state index contributed by atoms with van der Waals surface area (Å²) in [5.74, 6) is 0.158. The van der Waals surface area contributed by atoms with Crippen LogP contribution in [0.3, 0.4) is 0 Å². The highest BCUT2D eigenvalue weighted by Crippen LogP contribution is 2.37. The number of anilines is 1. The predicted molar refractivity (Wildman–Crippen MR) is 107 cm³/mol. The molecule has 7 nitrogen and oxygen atoms in total. The molecule has 3 heterocycles. The number of hydrogen-bond acceptors (Lipinski definition) is 6. The summed E-state index contributed by atoms with van der Waals surface area (Å²) in [7, 11) is 0. The molecular weight excluding hydrogens is 378 g/mol. The number of ether oxygens (including phenoxy) is 2. The van der Waals surface area contributed by atoms with Gasteiger partial charge in [-0.1, -0.05) is 0 Å². The maximum absolute atomic E-state index is 12.5. The van der Waals surface area contributed by atoms with Crippen LogP contribution in [0.5, 0.6) is 5.75 Å². The molecule has 28 heavy (non-hydrogen) atoms. The van der Waals surface area contributed by atoms with Gasteiger partial charge in [0, 0.05) is 23.6 Å². The van der Waals surface area contributed by atoms with E-state index >= 15 is 0 Å². The van der Waals surface area contributed by atoms with E-state index in [4.69, 9.17) is 9.47 Å². The SMILES string of the molecule is Cc1nc(-c2ccc3c(c2)N(CC(=O)NCC2CCCO2)C(=O)CO3)c(C)s1. The maximum Gasteiger partial charge on any atom is 0.265 e. The van der Waals surface area contributed by atoms with E-state index in [1.54, 1.807) is 11.3 Å². The summed E-state index contributed by atoms with van der Waals surface area (Å²) < 4.78 is 11.1. The zero-order chi connectivity index (χ0) is 19.7. The molecule has 1 fully saturated rings. The Morgan fingerprint density at radius 3 is 2.96 bits per heavy atom. The number of fused-ring (bicyclic) bond motifs is 1. The van der Waals surface area contributed by atoms with Gasteiger partial charge >= 0.3 is 0 Å². The number of amides is 2. The molecule has 0 radical (unpaired) electrons. The summed E-state index contributed by atoms with van der Waals surface area (Å²) in [6.45, 7) is 5.10. The van der Waals surface area contributed by atoms with Crippen molar-refractivity contribution in [3.8, 4) is 17.0 Å². The Hall–Kier alpha value is -2.45. The van der Waals surface area contributed by atoms with Crippen LogP contribution < -0.4 is 15.0 Å². The fraction of sp³-hybridized carbons (Fsp3) is 0.450. The second-order valence-electron chi connectivity index (χ2n) is 7.03. The van der Waals surface area contributed by atoms with Crippen molar-refractivity contribution in [3.63, 3.8) is 0 Å². The third kappa shape index (κ3) is 3.88. The lowest BCUT2D eigenvalue weighted by atomic mass is 10.1. The minimum atomic E-state index is -0.233. The fourth-order valence-corrected chi connectivity index (χ4v) is 4.39. The van der Waals surface area contributed by atoms with Gasteiger partial charge in [-0.05, 0) is 44.9 Å². The van der Waals surface area contributed by atoms with Crippen LogP contribution in [0.4, 0.5) is 5.69 Å². The zero-order valence-electron chi connectivity index (χ0n) is 16.0. The number of aryl methyl sites for hydroxylation is 2. The molecule has 2 aliphatic rings. The van der Waals surface area contributed by atoms with Crippen molar-refractivity contribution in [1.82, 2.24) is 10.3 Å². The third-order valence-electron chi connectivity index (χ3n) is 4.93. The first-order valence-electron chi connectivity index (χ1n) is 9.41. The Bertz CT molecular complexity index is 905. The van der Waals surface area contributed by atoms with Gasteiger partial charge in [0.25, 0.3) is 5.91 Å². The highest BCUT2D eigenvalue weighted by molar-refractivity contribution is 7.11. The molecule has 4 rings (SSSR count). The lowest BCUT2D eigenvalue weighted by Crippen LogP contribution is -2.46. The molecule has 1 aromatic heterocycles. The minimum Gasteiger partial charge on any atom is -0.482 e. The van der Waals surface area contributed by atoms with Crippen LogP contribution in [0, 0.1) is 13.8 Å². The molecular formula is C20H23N3O4S. The number of benzene rings is 1. The summed E-state index contributed by atoms with van der Waals surface area (Å²) in [5.41, 5.74) is 2.40. The van der Waals surface area contributed by atoms with Gasteiger partial charge in [-0.3, -0.25) is 14.5 Å². The zero-order valence-corrected chi connectivity index (χ0v) is 16.8. The summed E-state index contributed by atoms with van der Waals surface area (Å²) in [5, 5.41) is 3.86. The molecule has 8 heteroatoms. The number of nitrogens with one attached hydrogen (secondary N) is 1. The molecule has 0 saturated carbocycles.